The molecule has 0 fully saturated rings. The molecule has 0 atom stereocenters. The molecule has 0 aromatic heterocycles. The molecular formula is C14H25BrO6. The average molecular weight is 369 g/mol. The van der Waals surface area contributed by atoms with Gasteiger partial charge in [0.25, 0.3) is 0 Å². The molecule has 0 saturated carbocycles. The molecule has 0 aromatic carbocycles. The molecule has 0 rings (SSSR count). The van der Waals surface area contributed by atoms with Gasteiger partial charge in [-0.05, 0) is 33.1 Å². The van der Waals surface area contributed by atoms with Crippen LogP contribution in [-0.4, -0.2) is 51.0 Å². The third kappa shape index (κ3) is 5.92. The lowest BCUT2D eigenvalue weighted by atomic mass is 9.80. The van der Waals surface area contributed by atoms with Crippen molar-refractivity contribution in [2.24, 2.45) is 5.41 Å². The molecule has 0 aliphatic heterocycles. The number of hydrogen-bond acceptors (Lipinski definition) is 6. The second-order valence-corrected chi connectivity index (χ2v) is 5.19. The summed E-state index contributed by atoms with van der Waals surface area (Å²) in [5, 5.41) is 0.481. The number of carbonyl (C=O) groups excluding carboxylic acids is 2. The Balaban J connectivity index is 5.25. The van der Waals surface area contributed by atoms with Crippen LogP contribution in [0, 0.1) is 5.41 Å². The summed E-state index contributed by atoms with van der Waals surface area (Å²) in [4.78, 5) is 24.7. The highest BCUT2D eigenvalue weighted by molar-refractivity contribution is 9.09. The van der Waals surface area contributed by atoms with Crippen molar-refractivity contribution < 1.29 is 28.5 Å². The smallest absolute Gasteiger partial charge is 0.323 e. The lowest BCUT2D eigenvalue weighted by Gasteiger charge is -2.29. The van der Waals surface area contributed by atoms with Gasteiger partial charge in [-0.3, -0.25) is 9.59 Å². The van der Waals surface area contributed by atoms with Crippen LogP contribution >= 0.6 is 15.9 Å². The predicted octanol–water partition coefficient (Wildman–Crippen LogP) is 2.28. The largest absolute Gasteiger partial charge is 0.465 e. The Morgan fingerprint density at radius 1 is 1.00 bits per heavy atom. The van der Waals surface area contributed by atoms with Gasteiger partial charge < -0.3 is 18.9 Å². The van der Waals surface area contributed by atoms with Crippen LogP contribution < -0.4 is 0 Å². The van der Waals surface area contributed by atoms with Crippen LogP contribution in [0.25, 0.3) is 0 Å². The summed E-state index contributed by atoms with van der Waals surface area (Å²) < 4.78 is 20.4. The molecule has 0 unspecified atom stereocenters. The van der Waals surface area contributed by atoms with Gasteiger partial charge in [-0.1, -0.05) is 15.9 Å². The molecule has 0 spiro atoms. The van der Waals surface area contributed by atoms with E-state index in [1.165, 1.54) is 14.2 Å². The molecule has 0 aliphatic rings. The molecule has 0 radical (unpaired) electrons. The molecule has 0 heterocycles. The van der Waals surface area contributed by atoms with Crippen LogP contribution in [0.3, 0.4) is 0 Å². The Bertz CT molecular complexity index is 299. The number of carbonyl (C=O) groups is 2. The van der Waals surface area contributed by atoms with Crippen LogP contribution in [0.4, 0.5) is 0 Å². The van der Waals surface area contributed by atoms with E-state index in [4.69, 9.17) is 18.9 Å². The minimum absolute atomic E-state index is 0.209. The van der Waals surface area contributed by atoms with E-state index in [0.717, 1.165) is 0 Å². The molecule has 124 valence electrons. The van der Waals surface area contributed by atoms with Crippen LogP contribution in [0.5, 0.6) is 0 Å². The summed E-state index contributed by atoms with van der Waals surface area (Å²) in [5.74, 6) is -1.12. The van der Waals surface area contributed by atoms with Gasteiger partial charge in [-0.2, -0.15) is 0 Å². The van der Waals surface area contributed by atoms with Crippen molar-refractivity contribution in [1.29, 1.82) is 0 Å². The van der Waals surface area contributed by atoms with Crippen LogP contribution in [-0.2, 0) is 28.5 Å². The van der Waals surface area contributed by atoms with Crippen molar-refractivity contribution in [3.8, 4) is 0 Å². The van der Waals surface area contributed by atoms with E-state index in [9.17, 15) is 9.59 Å². The first kappa shape index (κ1) is 20.3. The lowest BCUT2D eigenvalue weighted by Crippen LogP contribution is -2.43. The lowest BCUT2D eigenvalue weighted by molar-refractivity contribution is -0.175. The van der Waals surface area contributed by atoms with E-state index in [1.54, 1.807) is 13.8 Å². The highest BCUT2D eigenvalue weighted by Gasteiger charge is 2.48. The number of hydrogen-bond donors (Lipinski definition) is 0. The molecule has 0 amide bonds. The Hall–Kier alpha value is -0.660. The second-order valence-electron chi connectivity index (χ2n) is 4.40. The van der Waals surface area contributed by atoms with Crippen molar-refractivity contribution in [2.45, 2.75) is 39.4 Å². The van der Waals surface area contributed by atoms with Gasteiger partial charge in [0.2, 0.25) is 0 Å². The van der Waals surface area contributed by atoms with Gasteiger partial charge in [0, 0.05) is 19.5 Å². The first-order valence-corrected chi connectivity index (χ1v) is 8.10. The minimum atomic E-state index is -1.33. The molecule has 6 nitrogen and oxygen atoms in total. The first-order valence-electron chi connectivity index (χ1n) is 6.98. The van der Waals surface area contributed by atoms with E-state index in [1.807, 2.05) is 0 Å². The Labute approximate surface area is 134 Å². The quantitative estimate of drug-likeness (QED) is 0.241. The number of halogens is 1. The van der Waals surface area contributed by atoms with Crippen LogP contribution in [0.1, 0.15) is 33.1 Å². The summed E-state index contributed by atoms with van der Waals surface area (Å²) in [5.41, 5.74) is -1.33. The average Bonchev–Trinajstić information content (AvgIpc) is 2.47. The normalized spacial score (nSPS) is 11.5. The molecule has 0 bridgehead atoms. The van der Waals surface area contributed by atoms with Crippen molar-refractivity contribution in [1.82, 2.24) is 0 Å². The minimum Gasteiger partial charge on any atom is -0.465 e. The van der Waals surface area contributed by atoms with E-state index in [-0.39, 0.29) is 19.6 Å². The summed E-state index contributed by atoms with van der Waals surface area (Å²) in [6.45, 7) is 3.82. The summed E-state index contributed by atoms with van der Waals surface area (Å²) in [6, 6.07) is 0. The molecular weight excluding hydrogens is 344 g/mol. The molecule has 7 heteroatoms. The third-order valence-electron chi connectivity index (χ3n) is 3.19. The van der Waals surface area contributed by atoms with Crippen LogP contribution in [0.15, 0.2) is 0 Å². The van der Waals surface area contributed by atoms with Crippen molar-refractivity contribution in [3.63, 3.8) is 0 Å². The Kier molecular flexibility index (Phi) is 10.6. The summed E-state index contributed by atoms with van der Waals surface area (Å²) in [7, 11) is 3.02. The maximum Gasteiger partial charge on any atom is 0.323 e. The SMILES string of the molecule is CCOC(=O)C(CCBr)(CCC(OC)OC)C(=O)OCC. The van der Waals surface area contributed by atoms with E-state index in [0.29, 0.717) is 18.2 Å². The zero-order valence-corrected chi connectivity index (χ0v) is 14.7. The molecule has 0 saturated heterocycles. The van der Waals surface area contributed by atoms with E-state index in [2.05, 4.69) is 15.9 Å². The fourth-order valence-corrected chi connectivity index (χ4v) is 2.69. The number of rotatable bonds is 11. The molecule has 0 aliphatic carbocycles. The molecule has 21 heavy (non-hydrogen) atoms. The highest BCUT2D eigenvalue weighted by Crippen LogP contribution is 2.34. The number of esters is 2. The van der Waals surface area contributed by atoms with Gasteiger partial charge >= 0.3 is 11.9 Å². The van der Waals surface area contributed by atoms with Gasteiger partial charge in [0.05, 0.1) is 13.2 Å². The van der Waals surface area contributed by atoms with Gasteiger partial charge in [0.1, 0.15) is 0 Å². The molecule has 0 N–H and O–H groups in total. The summed E-state index contributed by atoms with van der Waals surface area (Å²) in [6.07, 6.45) is 0.439. The third-order valence-corrected chi connectivity index (χ3v) is 3.58. The second kappa shape index (κ2) is 11.0. The maximum absolute atomic E-state index is 12.3. The summed E-state index contributed by atoms with van der Waals surface area (Å²) >= 11 is 3.29. The van der Waals surface area contributed by atoms with Gasteiger partial charge in [0.15, 0.2) is 11.7 Å². The number of alkyl halides is 1. The Morgan fingerprint density at radius 3 is 1.81 bits per heavy atom. The standard InChI is InChI=1S/C14H25BrO6/c1-5-20-12(16)14(9-10-15,13(17)21-6-2)8-7-11(18-3)19-4/h11H,5-10H2,1-4H3. The fraction of sp³-hybridized carbons (Fsp3) is 0.857. The van der Waals surface area contributed by atoms with Crippen molar-refractivity contribution >= 4 is 27.9 Å². The monoisotopic (exact) mass is 368 g/mol. The highest BCUT2D eigenvalue weighted by atomic mass is 79.9. The zero-order valence-electron chi connectivity index (χ0n) is 13.1. The fourth-order valence-electron chi connectivity index (χ4n) is 2.01. The topological polar surface area (TPSA) is 71.1 Å². The van der Waals surface area contributed by atoms with Crippen molar-refractivity contribution in [2.75, 3.05) is 32.8 Å². The molecule has 0 aromatic rings. The van der Waals surface area contributed by atoms with Crippen molar-refractivity contribution in [3.05, 3.63) is 0 Å². The zero-order chi connectivity index (χ0) is 16.3. The first-order chi connectivity index (χ1) is 10.0. The number of ether oxygens (including phenoxy) is 4. The maximum atomic E-state index is 12.3. The predicted molar refractivity (Wildman–Crippen MR) is 81.2 cm³/mol. The Morgan fingerprint density at radius 2 is 1.48 bits per heavy atom. The van der Waals surface area contributed by atoms with Gasteiger partial charge in [-0.15, -0.1) is 0 Å². The number of methoxy groups -OCH3 is 2. The van der Waals surface area contributed by atoms with E-state index < -0.39 is 23.6 Å². The van der Waals surface area contributed by atoms with Crippen LogP contribution in [0.2, 0.25) is 0 Å². The van der Waals surface area contributed by atoms with Gasteiger partial charge in [-0.25, -0.2) is 0 Å². The van der Waals surface area contributed by atoms with E-state index >= 15 is 0 Å².